The van der Waals surface area contributed by atoms with Crippen molar-refractivity contribution in [3.8, 4) is 0 Å². The molecule has 1 heterocycles. The van der Waals surface area contributed by atoms with Crippen molar-refractivity contribution in [1.29, 1.82) is 0 Å². The van der Waals surface area contributed by atoms with Gasteiger partial charge in [-0.05, 0) is 43.0 Å². The number of hydrogen-bond acceptors (Lipinski definition) is 4. The summed E-state index contributed by atoms with van der Waals surface area (Å²) >= 11 is 4.56. The van der Waals surface area contributed by atoms with Gasteiger partial charge in [0.2, 0.25) is 0 Å². The zero-order valence-corrected chi connectivity index (χ0v) is 15.8. The van der Waals surface area contributed by atoms with Gasteiger partial charge >= 0.3 is 0 Å². The maximum absolute atomic E-state index is 5.55. The van der Waals surface area contributed by atoms with E-state index in [1.54, 1.807) is 7.11 Å². The molecule has 1 N–H and O–H groups in total. The second kappa shape index (κ2) is 8.75. The van der Waals surface area contributed by atoms with E-state index in [0.717, 1.165) is 50.4 Å². The molecule has 0 spiro atoms. The van der Waals surface area contributed by atoms with Gasteiger partial charge in [-0.1, -0.05) is 36.4 Å². The van der Waals surface area contributed by atoms with Crippen molar-refractivity contribution < 1.29 is 4.74 Å². The third-order valence-corrected chi connectivity index (χ3v) is 5.54. The average Bonchev–Trinajstić information content (AvgIpc) is 2.64. The number of piperidine rings is 1. The Labute approximate surface area is 156 Å². The lowest BCUT2D eigenvalue weighted by Crippen LogP contribution is -2.52. The molecule has 0 amide bonds. The van der Waals surface area contributed by atoms with Gasteiger partial charge in [-0.25, -0.2) is 0 Å². The summed E-state index contributed by atoms with van der Waals surface area (Å²) in [5.41, 5.74) is 2.55. The van der Waals surface area contributed by atoms with E-state index < -0.39 is 0 Å². The molecule has 0 saturated carbocycles. The molecule has 1 aliphatic rings. The summed E-state index contributed by atoms with van der Waals surface area (Å²) in [7, 11) is 1.80. The van der Waals surface area contributed by atoms with E-state index in [0.29, 0.717) is 0 Å². The lowest BCUT2D eigenvalue weighted by Gasteiger charge is -2.42. The number of methoxy groups -OCH3 is 1. The van der Waals surface area contributed by atoms with E-state index in [-0.39, 0.29) is 5.54 Å². The Balaban J connectivity index is 1.55. The summed E-state index contributed by atoms with van der Waals surface area (Å²) < 4.78 is 5.55. The fraction of sp³-hybridized carbons (Fsp3) is 0.429. The van der Waals surface area contributed by atoms with Crippen LogP contribution in [0, 0.1) is 0 Å². The monoisotopic (exact) mass is 356 g/mol. The quantitative estimate of drug-likeness (QED) is 0.730. The molecule has 25 heavy (non-hydrogen) atoms. The maximum Gasteiger partial charge on any atom is 0.0693 e. The first-order chi connectivity index (χ1) is 12.2. The van der Waals surface area contributed by atoms with Crippen LogP contribution in [0.2, 0.25) is 0 Å². The molecular formula is C21H28N2OS. The molecule has 2 aromatic rings. The van der Waals surface area contributed by atoms with Crippen molar-refractivity contribution in [3.63, 3.8) is 0 Å². The number of benzene rings is 2. The Morgan fingerprint density at radius 3 is 2.40 bits per heavy atom. The van der Waals surface area contributed by atoms with Crippen LogP contribution in [0.5, 0.6) is 0 Å². The zero-order valence-electron chi connectivity index (χ0n) is 14.9. The van der Waals surface area contributed by atoms with Crippen molar-refractivity contribution in [2.75, 3.05) is 38.7 Å². The van der Waals surface area contributed by atoms with E-state index in [4.69, 9.17) is 4.74 Å². The highest BCUT2D eigenvalue weighted by Gasteiger charge is 2.34. The van der Waals surface area contributed by atoms with Crippen molar-refractivity contribution in [2.45, 2.75) is 29.7 Å². The second-order valence-electron chi connectivity index (χ2n) is 6.92. The average molecular weight is 357 g/mol. The predicted octanol–water partition coefficient (Wildman–Crippen LogP) is 4.11. The molecular weight excluding hydrogens is 328 g/mol. The first-order valence-electron chi connectivity index (χ1n) is 9.02. The van der Waals surface area contributed by atoms with E-state index >= 15 is 0 Å². The molecule has 0 aliphatic carbocycles. The number of likely N-dealkylation sites (tertiary alicyclic amines) is 1. The van der Waals surface area contributed by atoms with Crippen LogP contribution in [0.15, 0.2) is 59.5 Å². The molecule has 3 nitrogen and oxygen atoms in total. The molecule has 2 aromatic carbocycles. The predicted molar refractivity (Wildman–Crippen MR) is 108 cm³/mol. The van der Waals surface area contributed by atoms with Crippen LogP contribution in [0.1, 0.15) is 18.4 Å². The Morgan fingerprint density at radius 1 is 1.04 bits per heavy atom. The summed E-state index contributed by atoms with van der Waals surface area (Å²) in [4.78, 5) is 3.65. The molecule has 1 saturated heterocycles. The molecule has 0 unspecified atom stereocenters. The van der Waals surface area contributed by atoms with Gasteiger partial charge in [-0.2, -0.15) is 0 Å². The third-order valence-electron chi connectivity index (χ3n) is 5.11. The summed E-state index contributed by atoms with van der Waals surface area (Å²) in [5, 5.41) is 3.73. The number of anilines is 1. The lowest BCUT2D eigenvalue weighted by molar-refractivity contribution is 0.0890. The molecule has 0 atom stereocenters. The minimum absolute atomic E-state index is 0.0358. The van der Waals surface area contributed by atoms with Gasteiger partial charge in [0.05, 0.1) is 12.1 Å². The highest BCUT2D eigenvalue weighted by atomic mass is 32.1. The van der Waals surface area contributed by atoms with Crippen LogP contribution in [0.4, 0.5) is 5.69 Å². The summed E-state index contributed by atoms with van der Waals surface area (Å²) in [6.45, 7) is 4.02. The minimum atomic E-state index is 0.0358. The largest absolute Gasteiger partial charge is 0.382 e. The first-order valence-corrected chi connectivity index (χ1v) is 9.47. The van der Waals surface area contributed by atoms with Crippen molar-refractivity contribution in [2.24, 2.45) is 0 Å². The molecule has 1 fully saturated rings. The molecule has 1 aliphatic heterocycles. The SMILES string of the molecule is COCC1(Nc2ccccc2)CCN(CCc2ccccc2S)CC1. The number of nitrogens with one attached hydrogen (secondary N) is 1. The number of ether oxygens (including phenoxy) is 1. The minimum Gasteiger partial charge on any atom is -0.382 e. The van der Waals surface area contributed by atoms with Gasteiger partial charge in [0.15, 0.2) is 0 Å². The van der Waals surface area contributed by atoms with E-state index in [1.165, 1.54) is 11.3 Å². The van der Waals surface area contributed by atoms with Gasteiger partial charge in [-0.15, -0.1) is 12.6 Å². The Kier molecular flexibility index (Phi) is 6.40. The summed E-state index contributed by atoms with van der Waals surface area (Å²) in [5.74, 6) is 0. The van der Waals surface area contributed by atoms with Crippen LogP contribution >= 0.6 is 12.6 Å². The Hall–Kier alpha value is -1.49. The molecule has 0 radical (unpaired) electrons. The Bertz CT molecular complexity index is 654. The molecule has 0 aromatic heterocycles. The van der Waals surface area contributed by atoms with E-state index in [1.807, 2.05) is 6.07 Å². The Morgan fingerprint density at radius 2 is 1.72 bits per heavy atom. The maximum atomic E-state index is 5.55. The van der Waals surface area contributed by atoms with Crippen molar-refractivity contribution >= 4 is 18.3 Å². The fourth-order valence-electron chi connectivity index (χ4n) is 3.61. The molecule has 134 valence electrons. The van der Waals surface area contributed by atoms with Crippen molar-refractivity contribution in [3.05, 3.63) is 60.2 Å². The van der Waals surface area contributed by atoms with Crippen molar-refractivity contribution in [1.82, 2.24) is 4.90 Å². The fourth-order valence-corrected chi connectivity index (χ4v) is 3.89. The first kappa shape index (κ1) is 18.3. The molecule has 0 bridgehead atoms. The van der Waals surface area contributed by atoms with Crippen LogP contribution in [-0.2, 0) is 11.2 Å². The van der Waals surface area contributed by atoms with Crippen LogP contribution in [-0.4, -0.2) is 43.8 Å². The molecule has 4 heteroatoms. The summed E-state index contributed by atoms with van der Waals surface area (Å²) in [6, 6.07) is 18.9. The number of thiol groups is 1. The molecule has 3 rings (SSSR count). The van der Waals surface area contributed by atoms with Gasteiger partial charge in [0, 0.05) is 37.3 Å². The number of rotatable bonds is 7. The van der Waals surface area contributed by atoms with Crippen LogP contribution in [0.25, 0.3) is 0 Å². The van der Waals surface area contributed by atoms with Gasteiger partial charge in [0.1, 0.15) is 0 Å². The van der Waals surface area contributed by atoms with E-state index in [2.05, 4.69) is 71.4 Å². The van der Waals surface area contributed by atoms with E-state index in [9.17, 15) is 0 Å². The van der Waals surface area contributed by atoms with Gasteiger partial charge in [0.25, 0.3) is 0 Å². The topological polar surface area (TPSA) is 24.5 Å². The highest BCUT2D eigenvalue weighted by Crippen LogP contribution is 2.28. The van der Waals surface area contributed by atoms with Crippen LogP contribution in [0.3, 0.4) is 0 Å². The zero-order chi connectivity index (χ0) is 17.5. The smallest absolute Gasteiger partial charge is 0.0693 e. The second-order valence-corrected chi connectivity index (χ2v) is 7.41. The number of para-hydroxylation sites is 1. The lowest BCUT2D eigenvalue weighted by atomic mass is 9.87. The van der Waals surface area contributed by atoms with Gasteiger partial charge in [-0.3, -0.25) is 0 Å². The van der Waals surface area contributed by atoms with Gasteiger partial charge < -0.3 is 15.0 Å². The third kappa shape index (κ3) is 5.00. The number of nitrogens with zero attached hydrogens (tertiary/aromatic N) is 1. The normalized spacial score (nSPS) is 17.4. The summed E-state index contributed by atoms with van der Waals surface area (Å²) in [6.07, 6.45) is 3.25. The van der Waals surface area contributed by atoms with Crippen LogP contribution < -0.4 is 5.32 Å². The highest BCUT2D eigenvalue weighted by molar-refractivity contribution is 7.80. The standard InChI is InChI=1S/C21H28N2OS/c1-24-17-21(22-19-8-3-2-4-9-19)12-15-23(16-13-21)14-11-18-7-5-6-10-20(18)25/h2-10,22,25H,11-17H2,1H3. The number of hydrogen-bond donors (Lipinski definition) is 2.